The highest BCUT2D eigenvalue weighted by atomic mass is 31.2. The summed E-state index contributed by atoms with van der Waals surface area (Å²) in [6.45, 7) is 0. The van der Waals surface area contributed by atoms with Crippen LogP contribution in [0.4, 0.5) is 0 Å². The third-order valence-corrected chi connectivity index (χ3v) is 18.3. The summed E-state index contributed by atoms with van der Waals surface area (Å²) in [5, 5.41) is 9.61. The maximum atomic E-state index is 15.7. The second kappa shape index (κ2) is 16.2. The molecule has 6 nitrogen and oxygen atoms in total. The first-order valence-electron chi connectivity index (χ1n) is 25.1. The van der Waals surface area contributed by atoms with Crippen LogP contribution in [-0.2, 0) is 4.57 Å². The molecule has 0 saturated heterocycles. The maximum Gasteiger partial charge on any atom is 0.170 e. The Morgan fingerprint density at radius 3 is 1.27 bits per heavy atom. The number of hydrogen-bond donors (Lipinski definition) is 0. The van der Waals surface area contributed by atoms with Crippen molar-refractivity contribution in [2.24, 2.45) is 0 Å². The van der Waals surface area contributed by atoms with Crippen molar-refractivity contribution in [3.8, 4) is 28.4 Å². The second-order valence-corrected chi connectivity index (χ2v) is 22.0. The van der Waals surface area contributed by atoms with E-state index < -0.39 is 7.14 Å². The molecule has 0 bridgehead atoms. The van der Waals surface area contributed by atoms with Crippen LogP contribution in [0.3, 0.4) is 0 Å². The van der Waals surface area contributed by atoms with E-state index in [1.54, 1.807) is 0 Å². The fourth-order valence-electron chi connectivity index (χ4n) is 11.9. The molecule has 15 rings (SSSR count). The topological polar surface area (TPSA) is 41.7 Å². The Balaban J connectivity index is 1.03. The van der Waals surface area contributed by atoms with Gasteiger partial charge in [0.25, 0.3) is 0 Å². The van der Waals surface area contributed by atoms with Gasteiger partial charge in [-0.3, -0.25) is 0 Å². The molecular formula is C66H46N5OP. The lowest BCUT2D eigenvalue weighted by Gasteiger charge is -2.23. The Morgan fingerprint density at radius 1 is 0.342 bits per heavy atom. The summed E-state index contributed by atoms with van der Waals surface area (Å²) < 4.78 is 27.7. The Labute approximate surface area is 421 Å². The molecule has 346 valence electrons. The first kappa shape index (κ1) is 41.7. The molecule has 0 N–H and O–H groups in total. The predicted octanol–water partition coefficient (Wildman–Crippen LogP) is 16.3. The highest BCUT2D eigenvalue weighted by molar-refractivity contribution is 7.82. The molecule has 1 unspecified atom stereocenters. The van der Waals surface area contributed by atoms with E-state index >= 15 is 4.57 Å². The molecule has 7 heteroatoms. The van der Waals surface area contributed by atoms with Crippen LogP contribution in [0.5, 0.6) is 0 Å². The van der Waals surface area contributed by atoms with Crippen LogP contribution in [0, 0.1) is 0 Å². The van der Waals surface area contributed by atoms with Gasteiger partial charge < -0.3 is 27.4 Å². The normalized spacial score (nSPS) is 13.8. The number of hydrogen-bond acceptors (Lipinski definition) is 1. The van der Waals surface area contributed by atoms with Crippen molar-refractivity contribution in [3.63, 3.8) is 0 Å². The molecule has 5 aromatic heterocycles. The van der Waals surface area contributed by atoms with Gasteiger partial charge in [0, 0.05) is 89.1 Å². The van der Waals surface area contributed by atoms with Gasteiger partial charge in [-0.25, -0.2) is 0 Å². The van der Waals surface area contributed by atoms with E-state index in [9.17, 15) is 0 Å². The van der Waals surface area contributed by atoms with Crippen molar-refractivity contribution in [2.75, 3.05) is 0 Å². The zero-order chi connectivity index (χ0) is 48.2. The number of para-hydroxylation sites is 4. The van der Waals surface area contributed by atoms with Gasteiger partial charge in [-0.15, -0.1) is 0 Å². The van der Waals surface area contributed by atoms with Crippen LogP contribution in [0.15, 0.2) is 260 Å². The van der Waals surface area contributed by atoms with E-state index in [-0.39, 0.29) is 0 Å². The minimum atomic E-state index is -3.18. The minimum absolute atomic E-state index is 0.823. The van der Waals surface area contributed by atoms with Crippen LogP contribution >= 0.6 is 7.14 Å². The molecule has 0 fully saturated rings. The average molecular weight is 956 g/mol. The van der Waals surface area contributed by atoms with Gasteiger partial charge in [0.05, 0.1) is 44.1 Å². The van der Waals surface area contributed by atoms with Crippen molar-refractivity contribution in [2.45, 2.75) is 12.8 Å². The van der Waals surface area contributed by atoms with E-state index in [4.69, 9.17) is 0 Å². The number of nitrogens with zero attached hydrogens (tertiary/aromatic N) is 5. The first-order chi connectivity index (χ1) is 36.1. The lowest BCUT2D eigenvalue weighted by molar-refractivity contribution is 0.591. The second-order valence-electron chi connectivity index (χ2n) is 19.2. The molecule has 0 amide bonds. The maximum absolute atomic E-state index is 15.7. The fraction of sp³-hybridized carbons (Fsp3) is 0.0303. The Bertz CT molecular complexity index is 4500. The molecular weight excluding hydrogens is 910 g/mol. The number of aromatic nitrogens is 5. The van der Waals surface area contributed by atoms with E-state index in [0.717, 1.165) is 112 Å². The molecule has 0 aliphatic heterocycles. The third-order valence-electron chi connectivity index (χ3n) is 15.2. The first-order valence-corrected chi connectivity index (χ1v) is 26.8. The van der Waals surface area contributed by atoms with Gasteiger partial charge in [-0.2, -0.15) is 0 Å². The molecule has 0 saturated carbocycles. The Morgan fingerprint density at radius 2 is 0.781 bits per heavy atom. The van der Waals surface area contributed by atoms with Crippen molar-refractivity contribution in [3.05, 3.63) is 260 Å². The number of allylic oxidation sites excluding steroid dienone is 4. The van der Waals surface area contributed by atoms with Gasteiger partial charge in [-0.1, -0.05) is 121 Å². The van der Waals surface area contributed by atoms with Crippen molar-refractivity contribution < 1.29 is 4.57 Å². The summed E-state index contributed by atoms with van der Waals surface area (Å²) >= 11 is 0. The molecule has 1 aliphatic carbocycles. The Hall–Kier alpha value is -9.09. The summed E-state index contributed by atoms with van der Waals surface area (Å²) in [6, 6.07) is 80.3. The molecule has 14 aromatic rings. The van der Waals surface area contributed by atoms with Crippen LogP contribution in [0.2, 0.25) is 0 Å². The lowest BCUT2D eigenvalue weighted by atomic mass is 10.1. The fourth-order valence-corrected chi connectivity index (χ4v) is 14.6. The highest BCUT2D eigenvalue weighted by Crippen LogP contribution is 2.54. The van der Waals surface area contributed by atoms with E-state index in [1.807, 2.05) is 30.3 Å². The zero-order valence-electron chi connectivity index (χ0n) is 39.8. The van der Waals surface area contributed by atoms with Gasteiger partial charge in [0.1, 0.15) is 0 Å². The number of fused-ring (bicyclic) bond motifs is 10. The molecule has 0 radical (unpaired) electrons. The summed E-state index contributed by atoms with van der Waals surface area (Å²) in [7, 11) is -3.18. The number of rotatable bonds is 8. The molecule has 1 aliphatic rings. The molecule has 73 heavy (non-hydrogen) atoms. The van der Waals surface area contributed by atoms with Gasteiger partial charge in [0.2, 0.25) is 0 Å². The summed E-state index contributed by atoms with van der Waals surface area (Å²) in [6.07, 6.45) is 12.6. The van der Waals surface area contributed by atoms with Gasteiger partial charge >= 0.3 is 0 Å². The summed E-state index contributed by atoms with van der Waals surface area (Å²) in [5.41, 5.74) is 14.4. The minimum Gasteiger partial charge on any atom is -0.317 e. The SMILES string of the molecule is O=P(C1=CCCC=C1)(c1ccccc1)c1ccc(-n2c3cc4ccn(-c5ccccc5)c4cc3c3c2c2cc4c(ccn4-c4ccccc4)cc2n3-c2ccc(-n3c4ccccc4c4ccccc43)cc2)cc1. The molecule has 9 aromatic carbocycles. The van der Waals surface area contributed by atoms with E-state index in [0.29, 0.717) is 0 Å². The smallest absolute Gasteiger partial charge is 0.170 e. The highest BCUT2D eigenvalue weighted by Gasteiger charge is 2.32. The van der Waals surface area contributed by atoms with E-state index in [2.05, 4.69) is 248 Å². The average Bonchev–Trinajstić information content (AvgIpc) is 4.29. The van der Waals surface area contributed by atoms with Crippen molar-refractivity contribution in [1.82, 2.24) is 22.8 Å². The largest absolute Gasteiger partial charge is 0.317 e. The van der Waals surface area contributed by atoms with Crippen LogP contribution in [0.1, 0.15) is 12.8 Å². The summed E-state index contributed by atoms with van der Waals surface area (Å²) in [5.74, 6) is 0. The zero-order valence-corrected chi connectivity index (χ0v) is 40.6. The lowest BCUT2D eigenvalue weighted by Crippen LogP contribution is -2.17. The monoisotopic (exact) mass is 955 g/mol. The van der Waals surface area contributed by atoms with Crippen molar-refractivity contribution in [1.29, 1.82) is 0 Å². The standard InChI is InChI=1S/C66H46N5OP/c72-73(52-21-9-3-10-22-52,53-23-11-4-12-24-53)54-35-33-51(34-36-54)71-64-42-46-38-40-68(48-19-7-2-8-20-48)62(46)44-58(64)65-66(71)57-43-61-45(37-39-67(61)47-17-5-1-6-18-47)41-63(57)70(65)50-31-29-49(30-32-50)69-59-27-15-13-25-55(59)56-26-14-16-28-60(56)69/h1-3,5-11,13-44H,4,12H2. The third kappa shape index (κ3) is 6.27. The van der Waals surface area contributed by atoms with Crippen LogP contribution in [0.25, 0.3) is 105 Å². The van der Waals surface area contributed by atoms with Crippen LogP contribution in [-0.4, -0.2) is 22.8 Å². The van der Waals surface area contributed by atoms with Crippen LogP contribution < -0.4 is 10.6 Å². The van der Waals surface area contributed by atoms with Crippen molar-refractivity contribution >= 4 is 94.2 Å². The van der Waals surface area contributed by atoms with E-state index in [1.165, 1.54) is 21.8 Å². The number of benzene rings is 9. The quantitative estimate of drug-likeness (QED) is 0.140. The predicted molar refractivity (Wildman–Crippen MR) is 305 cm³/mol. The summed E-state index contributed by atoms with van der Waals surface area (Å²) in [4.78, 5) is 0. The molecule has 0 spiro atoms. The van der Waals surface area contributed by atoms with Gasteiger partial charge in [-0.05, 0) is 134 Å². The Kier molecular flexibility index (Phi) is 9.26. The molecule has 5 heterocycles. The molecule has 1 atom stereocenters. The van der Waals surface area contributed by atoms with Gasteiger partial charge in [0.15, 0.2) is 7.14 Å².